The van der Waals surface area contributed by atoms with Crippen LogP contribution in [0.25, 0.3) is 11.3 Å². The van der Waals surface area contributed by atoms with E-state index in [2.05, 4.69) is 35.7 Å². The summed E-state index contributed by atoms with van der Waals surface area (Å²) >= 11 is 0. The van der Waals surface area contributed by atoms with Gasteiger partial charge < -0.3 is 9.88 Å². The van der Waals surface area contributed by atoms with E-state index < -0.39 is 0 Å². The molecule has 4 rings (SSSR count). The summed E-state index contributed by atoms with van der Waals surface area (Å²) in [5, 5.41) is 21.9. The molecule has 124 valence electrons. The van der Waals surface area contributed by atoms with Crippen LogP contribution in [0.3, 0.4) is 0 Å². The third-order valence-corrected chi connectivity index (χ3v) is 5.77. The van der Waals surface area contributed by atoms with Crippen LogP contribution >= 0.6 is 0 Å². The van der Waals surface area contributed by atoms with Crippen LogP contribution in [-0.4, -0.2) is 4.57 Å². The minimum Gasteiger partial charge on any atom is -0.357 e. The molecule has 1 fully saturated rings. The number of anilines is 1. The Hall–Kier alpha value is -2.98. The van der Waals surface area contributed by atoms with Crippen molar-refractivity contribution < 1.29 is 0 Å². The number of hydrogen-bond donors (Lipinski definition) is 1. The lowest BCUT2D eigenvalue weighted by molar-refractivity contribution is 0.350. The number of allylic oxidation sites excluding steroid dienone is 2. The number of benzene rings is 1. The Morgan fingerprint density at radius 1 is 1.12 bits per heavy atom. The lowest BCUT2D eigenvalue weighted by Crippen LogP contribution is -2.29. The van der Waals surface area contributed by atoms with Gasteiger partial charge in [-0.15, -0.1) is 0 Å². The molecule has 1 aromatic heterocycles. The van der Waals surface area contributed by atoms with Gasteiger partial charge in [0.25, 0.3) is 0 Å². The molecule has 2 aliphatic rings. The average molecular weight is 328 g/mol. The average Bonchev–Trinajstić information content (AvgIpc) is 3.15. The summed E-state index contributed by atoms with van der Waals surface area (Å²) in [6, 6.07) is 14.8. The van der Waals surface area contributed by atoms with E-state index in [9.17, 15) is 10.5 Å². The topological polar surface area (TPSA) is 64.5 Å². The molecule has 0 amide bonds. The third kappa shape index (κ3) is 2.26. The Bertz CT molecular complexity index is 943. The molecule has 0 unspecified atom stereocenters. The molecular formula is C21H20N4. The molecule has 2 aromatic rings. The van der Waals surface area contributed by atoms with Gasteiger partial charge in [-0.2, -0.15) is 10.5 Å². The molecule has 0 radical (unpaired) electrons. The minimum absolute atomic E-state index is 0.0530. The van der Waals surface area contributed by atoms with E-state index in [4.69, 9.17) is 0 Å². The summed E-state index contributed by atoms with van der Waals surface area (Å²) in [7, 11) is 1.93. The first-order valence-electron chi connectivity index (χ1n) is 8.77. The monoisotopic (exact) mass is 328 g/mol. The van der Waals surface area contributed by atoms with Gasteiger partial charge in [0.05, 0.1) is 6.07 Å². The van der Waals surface area contributed by atoms with Crippen LogP contribution in [0.1, 0.15) is 43.4 Å². The highest BCUT2D eigenvalue weighted by Gasteiger charge is 2.44. The van der Waals surface area contributed by atoms with Crippen LogP contribution in [0, 0.1) is 22.7 Å². The molecule has 2 heterocycles. The van der Waals surface area contributed by atoms with Crippen molar-refractivity contribution in [3.8, 4) is 23.4 Å². The van der Waals surface area contributed by atoms with Crippen LogP contribution < -0.4 is 5.32 Å². The smallest absolute Gasteiger partial charge is 0.120 e. The highest BCUT2D eigenvalue weighted by Crippen LogP contribution is 2.52. The Kier molecular flexibility index (Phi) is 3.62. The van der Waals surface area contributed by atoms with Crippen LogP contribution in [0.2, 0.25) is 0 Å². The summed E-state index contributed by atoms with van der Waals surface area (Å²) in [6.07, 6.45) is 7.50. The van der Waals surface area contributed by atoms with Gasteiger partial charge in [0.2, 0.25) is 0 Å². The highest BCUT2D eigenvalue weighted by atomic mass is 15.0. The van der Waals surface area contributed by atoms with E-state index in [1.807, 2.05) is 23.7 Å². The number of aromatic nitrogens is 1. The summed E-state index contributed by atoms with van der Waals surface area (Å²) in [5.41, 5.74) is 6.23. The van der Waals surface area contributed by atoms with Crippen molar-refractivity contribution in [1.29, 1.82) is 10.5 Å². The van der Waals surface area contributed by atoms with Crippen LogP contribution in [0.15, 0.2) is 42.1 Å². The van der Waals surface area contributed by atoms with Crippen molar-refractivity contribution in [3.63, 3.8) is 0 Å². The maximum absolute atomic E-state index is 9.22. The number of nitrogens with one attached hydrogen (secondary N) is 1. The second-order valence-electron chi connectivity index (χ2n) is 6.99. The number of nitrogens with zero attached hydrogens (tertiary/aromatic N) is 3. The first kappa shape index (κ1) is 15.5. The summed E-state index contributed by atoms with van der Waals surface area (Å²) in [5.74, 6) is 0. The van der Waals surface area contributed by atoms with E-state index in [0.29, 0.717) is 5.69 Å². The zero-order valence-electron chi connectivity index (χ0n) is 14.3. The van der Waals surface area contributed by atoms with Crippen molar-refractivity contribution in [2.24, 2.45) is 7.05 Å². The zero-order valence-corrected chi connectivity index (χ0v) is 14.3. The second-order valence-corrected chi connectivity index (χ2v) is 6.99. The van der Waals surface area contributed by atoms with Gasteiger partial charge in [-0.25, -0.2) is 0 Å². The van der Waals surface area contributed by atoms with Gasteiger partial charge in [0.1, 0.15) is 11.8 Å². The first-order chi connectivity index (χ1) is 12.2. The molecule has 0 saturated heterocycles. The largest absolute Gasteiger partial charge is 0.357 e. The maximum Gasteiger partial charge on any atom is 0.120 e. The van der Waals surface area contributed by atoms with Crippen LogP contribution in [0.5, 0.6) is 0 Å². The molecule has 1 spiro atoms. The molecule has 0 bridgehead atoms. The lowest BCUT2D eigenvalue weighted by Gasteiger charge is -2.34. The van der Waals surface area contributed by atoms with Crippen molar-refractivity contribution in [1.82, 2.24) is 4.57 Å². The molecule has 25 heavy (non-hydrogen) atoms. The van der Waals surface area contributed by atoms with Gasteiger partial charge in [0.15, 0.2) is 0 Å². The van der Waals surface area contributed by atoms with Crippen molar-refractivity contribution in [3.05, 3.63) is 53.4 Å². The standard InChI is InChI=1S/C21H20N4/c1-25-16(14-23)6-8-19(25)15-5-7-18-17(13-15)21(10-3-2-4-11-21)20(24-18)9-12-22/h5-9,13,24H,2-4,10-11H2,1H3. The van der Waals surface area contributed by atoms with E-state index in [1.54, 1.807) is 6.08 Å². The number of nitriles is 2. The molecule has 0 atom stereocenters. The fraction of sp³-hybridized carbons (Fsp3) is 0.333. The number of hydrogen-bond acceptors (Lipinski definition) is 3. The van der Waals surface area contributed by atoms with E-state index >= 15 is 0 Å². The maximum atomic E-state index is 9.22. The van der Waals surface area contributed by atoms with E-state index in [-0.39, 0.29) is 5.41 Å². The first-order valence-corrected chi connectivity index (χ1v) is 8.77. The number of rotatable bonds is 1. The normalized spacial score (nSPS) is 19.2. The second kappa shape index (κ2) is 5.83. The van der Waals surface area contributed by atoms with Crippen molar-refractivity contribution in [2.75, 3.05) is 5.32 Å². The third-order valence-electron chi connectivity index (χ3n) is 5.77. The molecule has 4 heteroatoms. The Labute approximate surface area is 148 Å². The van der Waals surface area contributed by atoms with Gasteiger partial charge in [-0.05, 0) is 48.2 Å². The predicted octanol–water partition coefficient (Wildman–Crippen LogP) is 4.60. The highest BCUT2D eigenvalue weighted by molar-refractivity contribution is 5.75. The molecule has 4 nitrogen and oxygen atoms in total. The molecular weight excluding hydrogens is 308 g/mol. The van der Waals surface area contributed by atoms with Crippen LogP contribution in [-0.2, 0) is 12.5 Å². The summed E-state index contributed by atoms with van der Waals surface area (Å²) in [6.45, 7) is 0. The fourth-order valence-corrected chi connectivity index (χ4v) is 4.46. The summed E-state index contributed by atoms with van der Waals surface area (Å²) in [4.78, 5) is 0. The molecule has 1 aliphatic carbocycles. The summed E-state index contributed by atoms with van der Waals surface area (Å²) < 4.78 is 1.93. The lowest BCUT2D eigenvalue weighted by atomic mass is 9.68. The SMILES string of the molecule is Cn1c(C#N)ccc1-c1ccc2c(c1)C1(CCCCC1)C(=CC#N)N2. The molecule has 1 saturated carbocycles. The predicted molar refractivity (Wildman–Crippen MR) is 97.6 cm³/mol. The quantitative estimate of drug-likeness (QED) is 0.778. The minimum atomic E-state index is -0.0530. The Morgan fingerprint density at radius 3 is 2.60 bits per heavy atom. The Balaban J connectivity index is 1.86. The Morgan fingerprint density at radius 2 is 1.92 bits per heavy atom. The zero-order chi connectivity index (χ0) is 17.4. The van der Waals surface area contributed by atoms with E-state index in [1.165, 1.54) is 24.8 Å². The fourth-order valence-electron chi connectivity index (χ4n) is 4.46. The van der Waals surface area contributed by atoms with Gasteiger partial charge in [-0.3, -0.25) is 0 Å². The van der Waals surface area contributed by atoms with Gasteiger partial charge in [0, 0.05) is 35.6 Å². The molecule has 1 aliphatic heterocycles. The van der Waals surface area contributed by atoms with Crippen LogP contribution in [0.4, 0.5) is 5.69 Å². The molecule has 1 aromatic carbocycles. The van der Waals surface area contributed by atoms with Crippen molar-refractivity contribution in [2.45, 2.75) is 37.5 Å². The van der Waals surface area contributed by atoms with Crippen molar-refractivity contribution >= 4 is 5.69 Å². The van der Waals surface area contributed by atoms with E-state index in [0.717, 1.165) is 35.5 Å². The number of fused-ring (bicyclic) bond motifs is 2. The van der Waals surface area contributed by atoms with Gasteiger partial charge >= 0.3 is 0 Å². The van der Waals surface area contributed by atoms with Gasteiger partial charge in [-0.1, -0.05) is 25.3 Å². The molecule has 1 N–H and O–H groups in total.